The van der Waals surface area contributed by atoms with Crippen molar-refractivity contribution in [3.63, 3.8) is 0 Å². The van der Waals surface area contributed by atoms with Gasteiger partial charge in [-0.1, -0.05) is 49.4 Å². The molecule has 0 spiro atoms. The predicted octanol–water partition coefficient (Wildman–Crippen LogP) is 2.96. The molecule has 27 heavy (non-hydrogen) atoms. The van der Waals surface area contributed by atoms with Crippen molar-refractivity contribution in [3.05, 3.63) is 65.7 Å². The summed E-state index contributed by atoms with van der Waals surface area (Å²) in [6.07, 6.45) is 0.0480. The summed E-state index contributed by atoms with van der Waals surface area (Å²) in [6.45, 7) is 5.84. The minimum Gasteiger partial charge on any atom is -0.550 e. The van der Waals surface area contributed by atoms with Crippen LogP contribution in [0.25, 0.3) is 0 Å². The van der Waals surface area contributed by atoms with Crippen LogP contribution >= 0.6 is 0 Å². The van der Waals surface area contributed by atoms with Gasteiger partial charge in [0, 0.05) is 18.8 Å². The van der Waals surface area contributed by atoms with Crippen LogP contribution in [0.3, 0.4) is 0 Å². The highest BCUT2D eigenvalue weighted by Crippen LogP contribution is 2.23. The molecule has 0 aliphatic carbocycles. The van der Waals surface area contributed by atoms with Gasteiger partial charge in [0.15, 0.2) is 0 Å². The van der Waals surface area contributed by atoms with Gasteiger partial charge in [-0.3, -0.25) is 4.79 Å². The Morgan fingerprint density at radius 1 is 0.926 bits per heavy atom. The zero-order valence-corrected chi connectivity index (χ0v) is 16.0. The lowest BCUT2D eigenvalue weighted by Crippen LogP contribution is -2.34. The highest BCUT2D eigenvalue weighted by molar-refractivity contribution is 5.78. The summed E-state index contributed by atoms with van der Waals surface area (Å²) in [6, 6.07) is 16.2. The maximum atomic E-state index is 12.5. The van der Waals surface area contributed by atoms with Crippen molar-refractivity contribution in [1.29, 1.82) is 0 Å². The van der Waals surface area contributed by atoms with Crippen LogP contribution in [0.4, 0.5) is 0 Å². The Balaban J connectivity index is 2.05. The van der Waals surface area contributed by atoms with E-state index in [1.807, 2.05) is 51.1 Å². The lowest BCUT2D eigenvalue weighted by Gasteiger charge is -2.21. The van der Waals surface area contributed by atoms with E-state index in [0.29, 0.717) is 11.3 Å². The molecule has 0 bridgehead atoms. The normalized spacial score (nSPS) is 13.0. The Hall–Kier alpha value is -2.82. The molecular formula is C22H26NO4-. The molecule has 1 amide bonds. The summed E-state index contributed by atoms with van der Waals surface area (Å²) >= 11 is 0. The predicted molar refractivity (Wildman–Crippen MR) is 102 cm³/mol. The molecule has 5 nitrogen and oxygen atoms in total. The Kier molecular flexibility index (Phi) is 7.41. The molecule has 2 atom stereocenters. The van der Waals surface area contributed by atoms with Crippen LogP contribution in [0.1, 0.15) is 56.7 Å². The number of nitrogens with one attached hydrogen (secondary N) is 1. The van der Waals surface area contributed by atoms with Gasteiger partial charge in [-0.15, -0.1) is 0 Å². The topological polar surface area (TPSA) is 78.5 Å². The molecule has 144 valence electrons. The summed E-state index contributed by atoms with van der Waals surface area (Å²) in [7, 11) is 0. The first-order valence-corrected chi connectivity index (χ1v) is 9.16. The molecule has 0 aliphatic rings. The van der Waals surface area contributed by atoms with Gasteiger partial charge >= 0.3 is 0 Å². The van der Waals surface area contributed by atoms with Crippen molar-refractivity contribution in [1.82, 2.24) is 5.32 Å². The van der Waals surface area contributed by atoms with Crippen molar-refractivity contribution in [2.45, 2.75) is 51.7 Å². The van der Waals surface area contributed by atoms with E-state index < -0.39 is 12.0 Å². The second-order valence-corrected chi connectivity index (χ2v) is 6.95. The number of aliphatic carboxylic acids is 1. The summed E-state index contributed by atoms with van der Waals surface area (Å²) in [5, 5.41) is 14.0. The minimum absolute atomic E-state index is 0.0385. The molecule has 2 aromatic rings. The summed E-state index contributed by atoms with van der Waals surface area (Å²) < 4.78 is 5.60. The number of benzene rings is 2. The van der Waals surface area contributed by atoms with E-state index in [9.17, 15) is 14.7 Å². The summed E-state index contributed by atoms with van der Waals surface area (Å²) in [5.74, 6) is -0.666. The molecule has 0 radical (unpaired) electrons. The van der Waals surface area contributed by atoms with Crippen LogP contribution in [0, 0.1) is 0 Å². The van der Waals surface area contributed by atoms with Gasteiger partial charge < -0.3 is 20.0 Å². The molecule has 0 fully saturated rings. The molecule has 0 saturated heterocycles. The molecule has 0 saturated carbocycles. The molecule has 2 unspecified atom stereocenters. The molecular weight excluding hydrogens is 342 g/mol. The Bertz CT molecular complexity index is 741. The summed E-state index contributed by atoms with van der Waals surface area (Å²) in [4.78, 5) is 23.6. The molecule has 0 aliphatic heterocycles. The smallest absolute Gasteiger partial charge is 0.221 e. The third-order valence-corrected chi connectivity index (χ3v) is 4.22. The van der Waals surface area contributed by atoms with Gasteiger partial charge in [-0.05, 0) is 43.0 Å². The fourth-order valence-electron chi connectivity index (χ4n) is 2.90. The van der Waals surface area contributed by atoms with Crippen LogP contribution in [0.15, 0.2) is 54.6 Å². The molecule has 1 N–H and O–H groups in total. The van der Waals surface area contributed by atoms with Crippen molar-refractivity contribution in [2.24, 2.45) is 0 Å². The first kappa shape index (κ1) is 20.5. The number of hydrogen-bond acceptors (Lipinski definition) is 4. The maximum Gasteiger partial charge on any atom is 0.221 e. The van der Waals surface area contributed by atoms with Gasteiger partial charge in [0.2, 0.25) is 5.91 Å². The highest BCUT2D eigenvalue weighted by Gasteiger charge is 2.18. The van der Waals surface area contributed by atoms with Gasteiger partial charge in [-0.2, -0.15) is 0 Å². The van der Waals surface area contributed by atoms with E-state index in [2.05, 4.69) is 5.32 Å². The number of ether oxygens (including phenoxy) is 1. The SMILES string of the molecule is CC(C)Oc1ccc(C(CC(=O)[O-])NC(=O)CC(C)c2ccccc2)cc1. The first-order chi connectivity index (χ1) is 12.8. The number of carboxylic acid groups (broad SMARTS) is 1. The standard InChI is InChI=1S/C22H27NO4/c1-15(2)27-19-11-9-18(10-12-19)20(14-22(25)26)23-21(24)13-16(3)17-7-5-4-6-8-17/h4-12,15-16,20H,13-14H2,1-3H3,(H,23,24)(H,25,26)/p-1. The van der Waals surface area contributed by atoms with Gasteiger partial charge in [-0.25, -0.2) is 0 Å². The number of carbonyl (C=O) groups is 2. The first-order valence-electron chi connectivity index (χ1n) is 9.16. The number of carbonyl (C=O) groups excluding carboxylic acids is 2. The fourth-order valence-corrected chi connectivity index (χ4v) is 2.90. The third kappa shape index (κ3) is 6.77. The number of hydrogen-bond donors (Lipinski definition) is 1. The fraction of sp³-hybridized carbons (Fsp3) is 0.364. The van der Waals surface area contributed by atoms with E-state index in [0.717, 1.165) is 5.56 Å². The minimum atomic E-state index is -1.21. The van der Waals surface area contributed by atoms with Crippen LogP contribution in [0.5, 0.6) is 5.75 Å². The Morgan fingerprint density at radius 2 is 1.56 bits per heavy atom. The lowest BCUT2D eigenvalue weighted by molar-refractivity contribution is -0.306. The monoisotopic (exact) mass is 368 g/mol. The van der Waals surface area contributed by atoms with Crippen LogP contribution in [0.2, 0.25) is 0 Å². The van der Waals surface area contributed by atoms with E-state index in [1.54, 1.807) is 24.3 Å². The number of carboxylic acids is 1. The molecule has 2 rings (SSSR count). The molecule has 0 heterocycles. The van der Waals surface area contributed by atoms with Crippen molar-refractivity contribution >= 4 is 11.9 Å². The van der Waals surface area contributed by atoms with E-state index in [4.69, 9.17) is 4.74 Å². The van der Waals surface area contributed by atoms with Crippen LogP contribution in [-0.4, -0.2) is 18.0 Å². The second-order valence-electron chi connectivity index (χ2n) is 6.95. The second kappa shape index (κ2) is 9.76. The van der Waals surface area contributed by atoms with Gasteiger partial charge in [0.1, 0.15) is 5.75 Å². The van der Waals surface area contributed by atoms with Gasteiger partial charge in [0.25, 0.3) is 0 Å². The largest absolute Gasteiger partial charge is 0.550 e. The van der Waals surface area contributed by atoms with Crippen LogP contribution < -0.4 is 15.2 Å². The van der Waals surface area contributed by atoms with E-state index in [1.165, 1.54) is 0 Å². The Labute approximate surface area is 160 Å². The lowest BCUT2D eigenvalue weighted by atomic mass is 9.97. The van der Waals surface area contributed by atoms with E-state index in [-0.39, 0.29) is 30.8 Å². The molecule has 5 heteroatoms. The average Bonchev–Trinajstić information content (AvgIpc) is 2.61. The third-order valence-electron chi connectivity index (χ3n) is 4.22. The van der Waals surface area contributed by atoms with Gasteiger partial charge in [0.05, 0.1) is 12.1 Å². The van der Waals surface area contributed by atoms with Crippen LogP contribution in [-0.2, 0) is 9.59 Å². The zero-order chi connectivity index (χ0) is 19.8. The Morgan fingerprint density at radius 3 is 2.11 bits per heavy atom. The summed E-state index contributed by atoms with van der Waals surface area (Å²) in [5.41, 5.74) is 1.77. The maximum absolute atomic E-state index is 12.5. The van der Waals surface area contributed by atoms with E-state index >= 15 is 0 Å². The number of amides is 1. The zero-order valence-electron chi connectivity index (χ0n) is 16.0. The average molecular weight is 368 g/mol. The van der Waals surface area contributed by atoms with Crippen molar-refractivity contribution < 1.29 is 19.4 Å². The molecule has 0 aromatic heterocycles. The van der Waals surface area contributed by atoms with Crippen molar-refractivity contribution in [2.75, 3.05) is 0 Å². The highest BCUT2D eigenvalue weighted by atomic mass is 16.5. The quantitative estimate of drug-likeness (QED) is 0.738. The van der Waals surface area contributed by atoms with Crippen molar-refractivity contribution in [3.8, 4) is 5.75 Å². The number of rotatable bonds is 9. The molecule has 2 aromatic carbocycles.